The monoisotopic (exact) mass is 275 g/mol. The number of hydrogen-bond acceptors (Lipinski definition) is 3. The Morgan fingerprint density at radius 1 is 1.00 bits per heavy atom. The molecule has 3 nitrogen and oxygen atoms in total. The Hall–Kier alpha value is -0.900. The molecule has 1 aromatic rings. The first-order valence-corrected chi connectivity index (χ1v) is 7.92. The van der Waals surface area contributed by atoms with Crippen LogP contribution in [0.15, 0.2) is 30.3 Å². The quantitative estimate of drug-likeness (QED) is 0.890. The Morgan fingerprint density at radius 2 is 1.70 bits per heavy atom. The van der Waals surface area contributed by atoms with Crippen LogP contribution >= 0.6 is 0 Å². The van der Waals surface area contributed by atoms with Crippen LogP contribution in [0.4, 0.5) is 0 Å². The molecule has 1 aliphatic heterocycles. The van der Waals surface area contributed by atoms with Gasteiger partial charge in [0.05, 0.1) is 12.2 Å². The number of rotatable bonds is 3. The first-order valence-electron chi connectivity index (χ1n) is 7.92. The summed E-state index contributed by atoms with van der Waals surface area (Å²) >= 11 is 0. The molecule has 1 saturated carbocycles. The number of aliphatic hydroxyl groups excluding tert-OH is 2. The lowest BCUT2D eigenvalue weighted by Crippen LogP contribution is -2.44. The van der Waals surface area contributed by atoms with Gasteiger partial charge in [-0.05, 0) is 44.3 Å². The number of hydrogen-bond donors (Lipinski definition) is 2. The average molecular weight is 275 g/mol. The Bertz CT molecular complexity index is 416. The van der Waals surface area contributed by atoms with Gasteiger partial charge >= 0.3 is 0 Å². The van der Waals surface area contributed by atoms with Crippen molar-refractivity contribution >= 4 is 0 Å². The predicted molar refractivity (Wildman–Crippen MR) is 79.3 cm³/mol. The Balaban J connectivity index is 1.77. The summed E-state index contributed by atoms with van der Waals surface area (Å²) < 4.78 is 0. The maximum Gasteiger partial charge on any atom is 0.0857 e. The summed E-state index contributed by atoms with van der Waals surface area (Å²) in [5.74, 6) is -0.0458. The number of benzene rings is 1. The van der Waals surface area contributed by atoms with Crippen LogP contribution in [0.1, 0.15) is 43.8 Å². The molecule has 0 aromatic heterocycles. The van der Waals surface area contributed by atoms with Crippen LogP contribution in [-0.2, 0) is 0 Å². The van der Waals surface area contributed by atoms with Gasteiger partial charge in [0.25, 0.3) is 0 Å². The van der Waals surface area contributed by atoms with E-state index < -0.39 is 6.10 Å². The largest absolute Gasteiger partial charge is 0.393 e. The molecule has 20 heavy (non-hydrogen) atoms. The molecule has 0 bridgehead atoms. The van der Waals surface area contributed by atoms with Gasteiger partial charge in [0.15, 0.2) is 0 Å². The zero-order chi connectivity index (χ0) is 13.9. The zero-order valence-corrected chi connectivity index (χ0v) is 12.0. The van der Waals surface area contributed by atoms with Crippen molar-refractivity contribution in [2.75, 3.05) is 13.1 Å². The van der Waals surface area contributed by atoms with E-state index in [4.69, 9.17) is 0 Å². The maximum absolute atomic E-state index is 10.7. The Morgan fingerprint density at radius 3 is 2.40 bits per heavy atom. The van der Waals surface area contributed by atoms with Crippen LogP contribution in [0.25, 0.3) is 0 Å². The van der Waals surface area contributed by atoms with Gasteiger partial charge < -0.3 is 10.2 Å². The van der Waals surface area contributed by atoms with Crippen molar-refractivity contribution in [1.82, 2.24) is 4.90 Å². The first kappa shape index (κ1) is 14.1. The van der Waals surface area contributed by atoms with Crippen molar-refractivity contribution in [2.45, 2.75) is 50.4 Å². The third kappa shape index (κ3) is 2.76. The van der Waals surface area contributed by atoms with Gasteiger partial charge in [0.1, 0.15) is 0 Å². The molecule has 4 atom stereocenters. The SMILES string of the molecule is O[C@H]1CC[C@H](N2CCCCC2)[C@H]1[C@@H](O)c1ccccc1. The molecule has 1 aliphatic carbocycles. The molecule has 1 heterocycles. The van der Waals surface area contributed by atoms with Gasteiger partial charge in [0.2, 0.25) is 0 Å². The smallest absolute Gasteiger partial charge is 0.0857 e. The van der Waals surface area contributed by atoms with Crippen molar-refractivity contribution < 1.29 is 10.2 Å². The van der Waals surface area contributed by atoms with E-state index in [1.165, 1.54) is 19.3 Å². The van der Waals surface area contributed by atoms with Gasteiger partial charge in [-0.15, -0.1) is 0 Å². The minimum atomic E-state index is -0.555. The minimum Gasteiger partial charge on any atom is -0.393 e. The fourth-order valence-corrected chi connectivity index (χ4v) is 3.95. The molecule has 0 spiro atoms. The van der Waals surface area contributed by atoms with Crippen molar-refractivity contribution in [3.8, 4) is 0 Å². The normalized spacial score (nSPS) is 33.2. The lowest BCUT2D eigenvalue weighted by molar-refractivity contribution is -0.0106. The van der Waals surface area contributed by atoms with Crippen LogP contribution in [0, 0.1) is 5.92 Å². The predicted octanol–water partition coefficient (Wildman–Crippen LogP) is 2.35. The minimum absolute atomic E-state index is 0.0458. The van der Waals surface area contributed by atoms with Crippen molar-refractivity contribution in [3.05, 3.63) is 35.9 Å². The standard InChI is InChI=1S/C17H25NO2/c19-15-10-9-14(18-11-5-2-6-12-18)16(15)17(20)13-7-3-1-4-8-13/h1,3-4,7-8,14-17,19-20H,2,5-6,9-12H2/t14-,15-,16+,17-/m0/s1. The Kier molecular flexibility index (Phi) is 4.39. The van der Waals surface area contributed by atoms with Crippen LogP contribution in [0.2, 0.25) is 0 Å². The molecule has 0 amide bonds. The molecule has 110 valence electrons. The molecule has 0 unspecified atom stereocenters. The molecule has 2 N–H and O–H groups in total. The molecule has 1 saturated heterocycles. The molecule has 0 radical (unpaired) electrons. The second kappa shape index (κ2) is 6.25. The van der Waals surface area contributed by atoms with Crippen LogP contribution < -0.4 is 0 Å². The van der Waals surface area contributed by atoms with Crippen LogP contribution in [-0.4, -0.2) is 40.3 Å². The van der Waals surface area contributed by atoms with Crippen molar-refractivity contribution in [2.24, 2.45) is 5.92 Å². The maximum atomic E-state index is 10.7. The van der Waals surface area contributed by atoms with E-state index in [0.717, 1.165) is 31.5 Å². The van der Waals surface area contributed by atoms with Gasteiger partial charge in [-0.3, -0.25) is 4.90 Å². The molecule has 2 aliphatic rings. The number of nitrogens with zero attached hydrogens (tertiary/aromatic N) is 1. The van der Waals surface area contributed by atoms with Crippen molar-refractivity contribution in [1.29, 1.82) is 0 Å². The van der Waals surface area contributed by atoms with Gasteiger partial charge in [-0.25, -0.2) is 0 Å². The second-order valence-electron chi connectivity index (χ2n) is 6.24. The van der Waals surface area contributed by atoms with E-state index in [0.29, 0.717) is 6.04 Å². The van der Waals surface area contributed by atoms with E-state index in [-0.39, 0.29) is 12.0 Å². The first-order chi connectivity index (χ1) is 9.77. The van der Waals surface area contributed by atoms with Gasteiger partial charge in [-0.1, -0.05) is 36.8 Å². The third-order valence-electron chi connectivity index (χ3n) is 5.01. The average Bonchev–Trinajstić information content (AvgIpc) is 2.90. The van der Waals surface area contributed by atoms with E-state index in [1.54, 1.807) is 0 Å². The van der Waals surface area contributed by atoms with Gasteiger partial charge in [0, 0.05) is 12.0 Å². The second-order valence-corrected chi connectivity index (χ2v) is 6.24. The highest BCUT2D eigenvalue weighted by atomic mass is 16.3. The molecule has 2 fully saturated rings. The fourth-order valence-electron chi connectivity index (χ4n) is 3.95. The number of aliphatic hydroxyl groups is 2. The lowest BCUT2D eigenvalue weighted by atomic mass is 9.88. The highest BCUT2D eigenvalue weighted by Crippen LogP contribution is 2.39. The summed E-state index contributed by atoms with van der Waals surface area (Å²) in [6.07, 6.45) is 4.71. The Labute approximate surface area is 121 Å². The van der Waals surface area contributed by atoms with E-state index in [1.807, 2.05) is 30.3 Å². The number of likely N-dealkylation sites (tertiary alicyclic amines) is 1. The van der Waals surface area contributed by atoms with Crippen LogP contribution in [0.3, 0.4) is 0 Å². The molecule has 3 rings (SSSR count). The summed E-state index contributed by atoms with van der Waals surface area (Å²) in [7, 11) is 0. The summed E-state index contributed by atoms with van der Waals surface area (Å²) in [6, 6.07) is 10.1. The summed E-state index contributed by atoms with van der Waals surface area (Å²) in [5.41, 5.74) is 0.931. The summed E-state index contributed by atoms with van der Waals surface area (Å²) in [4.78, 5) is 2.50. The lowest BCUT2D eigenvalue weighted by Gasteiger charge is -2.38. The zero-order valence-electron chi connectivity index (χ0n) is 12.0. The highest BCUT2D eigenvalue weighted by molar-refractivity contribution is 5.19. The molecular formula is C17H25NO2. The van der Waals surface area contributed by atoms with E-state index in [9.17, 15) is 10.2 Å². The third-order valence-corrected chi connectivity index (χ3v) is 5.01. The summed E-state index contributed by atoms with van der Waals surface area (Å²) in [6.45, 7) is 2.24. The fraction of sp³-hybridized carbons (Fsp3) is 0.647. The highest BCUT2D eigenvalue weighted by Gasteiger charge is 2.43. The van der Waals surface area contributed by atoms with E-state index >= 15 is 0 Å². The molecular weight excluding hydrogens is 250 g/mol. The van der Waals surface area contributed by atoms with Gasteiger partial charge in [-0.2, -0.15) is 0 Å². The summed E-state index contributed by atoms with van der Waals surface area (Å²) in [5, 5.41) is 21.0. The van der Waals surface area contributed by atoms with Crippen molar-refractivity contribution in [3.63, 3.8) is 0 Å². The topological polar surface area (TPSA) is 43.7 Å². The number of piperidine rings is 1. The molecule has 3 heteroatoms. The van der Waals surface area contributed by atoms with E-state index in [2.05, 4.69) is 4.90 Å². The van der Waals surface area contributed by atoms with Crippen LogP contribution in [0.5, 0.6) is 0 Å². The molecule has 1 aromatic carbocycles.